The van der Waals surface area contributed by atoms with Crippen molar-refractivity contribution in [3.05, 3.63) is 46.1 Å². The van der Waals surface area contributed by atoms with Crippen LogP contribution < -0.4 is 0 Å². The van der Waals surface area contributed by atoms with Crippen molar-refractivity contribution in [2.75, 3.05) is 0 Å². The third-order valence-electron chi connectivity index (χ3n) is 2.22. The van der Waals surface area contributed by atoms with Gasteiger partial charge in [0.15, 0.2) is 11.4 Å². The van der Waals surface area contributed by atoms with Gasteiger partial charge in [0.05, 0.1) is 4.92 Å². The van der Waals surface area contributed by atoms with Gasteiger partial charge in [0.25, 0.3) is 6.43 Å². The third kappa shape index (κ3) is 1.99. The fourth-order valence-corrected chi connectivity index (χ4v) is 1.48. The highest BCUT2D eigenvalue weighted by Gasteiger charge is 2.30. The number of aromatic nitrogens is 2. The summed E-state index contributed by atoms with van der Waals surface area (Å²) < 4.78 is 25.1. The Hall–Kier alpha value is -2.31. The SMILES string of the molecule is O=[N+]([O-])c1c(-c2ccccc2)n[nH]c1C(F)F. The maximum Gasteiger partial charge on any atom is 0.323 e. The zero-order chi connectivity index (χ0) is 12.4. The summed E-state index contributed by atoms with van der Waals surface area (Å²) in [6, 6.07) is 8.15. The molecule has 0 aliphatic heterocycles. The predicted octanol–water partition coefficient (Wildman–Crippen LogP) is 2.92. The van der Waals surface area contributed by atoms with E-state index in [9.17, 15) is 18.9 Å². The molecule has 2 aromatic rings. The van der Waals surface area contributed by atoms with Crippen LogP contribution in [-0.4, -0.2) is 15.1 Å². The van der Waals surface area contributed by atoms with Gasteiger partial charge >= 0.3 is 5.69 Å². The molecule has 0 bridgehead atoms. The Balaban J connectivity index is 2.60. The first-order valence-electron chi connectivity index (χ1n) is 4.67. The second-order valence-corrected chi connectivity index (χ2v) is 3.26. The summed E-state index contributed by atoms with van der Waals surface area (Å²) in [4.78, 5) is 9.94. The topological polar surface area (TPSA) is 71.8 Å². The number of nitro groups is 1. The van der Waals surface area contributed by atoms with Crippen LogP contribution in [0.3, 0.4) is 0 Å². The zero-order valence-electron chi connectivity index (χ0n) is 8.43. The molecule has 17 heavy (non-hydrogen) atoms. The van der Waals surface area contributed by atoms with E-state index in [4.69, 9.17) is 0 Å². The maximum absolute atomic E-state index is 12.5. The van der Waals surface area contributed by atoms with Crippen molar-refractivity contribution < 1.29 is 13.7 Å². The van der Waals surface area contributed by atoms with Gasteiger partial charge in [-0.2, -0.15) is 5.10 Å². The van der Waals surface area contributed by atoms with E-state index in [2.05, 4.69) is 5.10 Å². The Morgan fingerprint density at radius 3 is 2.47 bits per heavy atom. The second-order valence-electron chi connectivity index (χ2n) is 3.26. The predicted molar refractivity (Wildman–Crippen MR) is 55.6 cm³/mol. The molecule has 7 heteroatoms. The average Bonchev–Trinajstić information content (AvgIpc) is 2.74. The molecule has 0 saturated carbocycles. The lowest BCUT2D eigenvalue weighted by atomic mass is 10.1. The van der Waals surface area contributed by atoms with E-state index < -0.39 is 22.7 Å². The Kier molecular flexibility index (Phi) is 2.82. The summed E-state index contributed by atoms with van der Waals surface area (Å²) >= 11 is 0. The van der Waals surface area contributed by atoms with E-state index in [0.717, 1.165) is 0 Å². The lowest BCUT2D eigenvalue weighted by Gasteiger charge is -1.97. The molecule has 0 spiro atoms. The van der Waals surface area contributed by atoms with Crippen molar-refractivity contribution in [3.8, 4) is 11.3 Å². The van der Waals surface area contributed by atoms with Crippen LogP contribution in [0.2, 0.25) is 0 Å². The summed E-state index contributed by atoms with van der Waals surface area (Å²) in [5.41, 5.74) is -1.10. The minimum Gasteiger partial charge on any atom is -0.270 e. The van der Waals surface area contributed by atoms with Crippen LogP contribution in [0, 0.1) is 10.1 Å². The number of halogens is 2. The van der Waals surface area contributed by atoms with E-state index in [0.29, 0.717) is 5.56 Å². The van der Waals surface area contributed by atoms with Crippen LogP contribution in [0.15, 0.2) is 30.3 Å². The Labute approximate surface area is 94.2 Å². The fourth-order valence-electron chi connectivity index (χ4n) is 1.48. The molecule has 1 heterocycles. The van der Waals surface area contributed by atoms with Crippen LogP contribution in [0.5, 0.6) is 0 Å². The van der Waals surface area contributed by atoms with Gasteiger partial charge in [-0.15, -0.1) is 0 Å². The number of benzene rings is 1. The lowest BCUT2D eigenvalue weighted by Crippen LogP contribution is -1.94. The van der Waals surface area contributed by atoms with E-state index in [1.165, 1.54) is 0 Å². The van der Waals surface area contributed by atoms with Gasteiger partial charge in [-0.25, -0.2) is 8.78 Å². The summed E-state index contributed by atoms with van der Waals surface area (Å²) in [5, 5.41) is 16.4. The van der Waals surface area contributed by atoms with E-state index in [-0.39, 0.29) is 5.69 Å². The second kappa shape index (κ2) is 4.28. The summed E-state index contributed by atoms with van der Waals surface area (Å²) in [6.07, 6.45) is -2.96. The number of nitrogens with one attached hydrogen (secondary N) is 1. The molecule has 0 aliphatic rings. The van der Waals surface area contributed by atoms with Crippen molar-refractivity contribution in [2.24, 2.45) is 0 Å². The van der Waals surface area contributed by atoms with Crippen molar-refractivity contribution >= 4 is 5.69 Å². The molecule has 0 unspecified atom stereocenters. The summed E-state index contributed by atoms with van der Waals surface area (Å²) in [5.74, 6) is 0. The monoisotopic (exact) mass is 239 g/mol. The van der Waals surface area contributed by atoms with Crippen LogP contribution >= 0.6 is 0 Å². The molecule has 5 nitrogen and oxygen atoms in total. The molecule has 0 fully saturated rings. The number of alkyl halides is 2. The highest BCUT2D eigenvalue weighted by Crippen LogP contribution is 2.35. The number of H-pyrrole nitrogens is 1. The zero-order valence-corrected chi connectivity index (χ0v) is 8.43. The smallest absolute Gasteiger partial charge is 0.270 e. The highest BCUT2D eigenvalue weighted by molar-refractivity contribution is 5.70. The Morgan fingerprint density at radius 2 is 1.94 bits per heavy atom. The first-order valence-corrected chi connectivity index (χ1v) is 4.67. The highest BCUT2D eigenvalue weighted by atomic mass is 19.3. The molecule has 1 aromatic carbocycles. The Morgan fingerprint density at radius 1 is 1.29 bits per heavy atom. The van der Waals surface area contributed by atoms with Gasteiger partial charge in [-0.1, -0.05) is 30.3 Å². The van der Waals surface area contributed by atoms with Crippen molar-refractivity contribution in [1.29, 1.82) is 0 Å². The Bertz CT molecular complexity index is 540. The van der Waals surface area contributed by atoms with Gasteiger partial charge in [0, 0.05) is 5.56 Å². The largest absolute Gasteiger partial charge is 0.323 e. The lowest BCUT2D eigenvalue weighted by molar-refractivity contribution is -0.385. The van der Waals surface area contributed by atoms with Gasteiger partial charge < -0.3 is 0 Å². The molecule has 0 radical (unpaired) electrons. The molecule has 0 aliphatic carbocycles. The number of rotatable bonds is 3. The number of hydrogen-bond donors (Lipinski definition) is 1. The van der Waals surface area contributed by atoms with Gasteiger partial charge in [0.1, 0.15) is 0 Å². The molecular formula is C10H7F2N3O2. The standard InChI is InChI=1S/C10H7F2N3O2/c11-10(12)8-9(15(16)17)7(13-14-8)6-4-2-1-3-5-6/h1-5,10H,(H,13,14). The minimum absolute atomic E-state index is 0.0779. The molecule has 0 amide bonds. The van der Waals surface area contributed by atoms with Crippen molar-refractivity contribution in [2.45, 2.75) is 6.43 Å². The molecular weight excluding hydrogens is 232 g/mol. The number of hydrogen-bond acceptors (Lipinski definition) is 3. The van der Waals surface area contributed by atoms with Crippen LogP contribution in [-0.2, 0) is 0 Å². The number of aromatic amines is 1. The van der Waals surface area contributed by atoms with Gasteiger partial charge in [0.2, 0.25) is 0 Å². The first kappa shape index (κ1) is 11.2. The van der Waals surface area contributed by atoms with E-state index in [1.807, 2.05) is 5.10 Å². The van der Waals surface area contributed by atoms with Gasteiger partial charge in [-0.3, -0.25) is 15.2 Å². The van der Waals surface area contributed by atoms with Crippen LogP contribution in [0.25, 0.3) is 11.3 Å². The summed E-state index contributed by atoms with van der Waals surface area (Å²) in [7, 11) is 0. The maximum atomic E-state index is 12.5. The average molecular weight is 239 g/mol. The molecule has 88 valence electrons. The molecule has 0 atom stereocenters. The third-order valence-corrected chi connectivity index (χ3v) is 2.22. The molecule has 2 rings (SSSR count). The fraction of sp³-hybridized carbons (Fsp3) is 0.100. The molecule has 1 N–H and O–H groups in total. The minimum atomic E-state index is -2.96. The normalized spacial score (nSPS) is 10.8. The van der Waals surface area contributed by atoms with Crippen molar-refractivity contribution in [3.63, 3.8) is 0 Å². The van der Waals surface area contributed by atoms with E-state index in [1.54, 1.807) is 30.3 Å². The van der Waals surface area contributed by atoms with Gasteiger partial charge in [-0.05, 0) is 0 Å². The quantitative estimate of drug-likeness (QED) is 0.661. The number of nitrogens with zero attached hydrogens (tertiary/aromatic N) is 2. The van der Waals surface area contributed by atoms with E-state index >= 15 is 0 Å². The van der Waals surface area contributed by atoms with Crippen LogP contribution in [0.1, 0.15) is 12.1 Å². The molecule has 0 saturated heterocycles. The summed E-state index contributed by atoms with van der Waals surface area (Å²) in [6.45, 7) is 0. The first-order chi connectivity index (χ1) is 8.11. The van der Waals surface area contributed by atoms with Crippen molar-refractivity contribution in [1.82, 2.24) is 10.2 Å². The van der Waals surface area contributed by atoms with Crippen LogP contribution in [0.4, 0.5) is 14.5 Å². The molecule has 1 aromatic heterocycles.